The summed E-state index contributed by atoms with van der Waals surface area (Å²) in [5.74, 6) is 4.91. The molecule has 0 N–H and O–H groups in total. The fourth-order valence-corrected chi connectivity index (χ4v) is 8.95. The van der Waals surface area contributed by atoms with Gasteiger partial charge in [-0.25, -0.2) is 0 Å². The molecule has 4 aliphatic carbocycles. The minimum Gasteiger partial charge on any atom is -0.0856 e. The maximum Gasteiger partial charge on any atom is -0.0144 e. The van der Waals surface area contributed by atoms with Gasteiger partial charge in [0.15, 0.2) is 0 Å². The molecule has 158 valence electrons. The van der Waals surface area contributed by atoms with Crippen LogP contribution < -0.4 is 0 Å². The second kappa shape index (κ2) is 7.63. The van der Waals surface area contributed by atoms with E-state index >= 15 is 0 Å². The molecular formula is C28H46. The normalized spacial score (nSPS) is 47.0. The highest BCUT2D eigenvalue weighted by Gasteiger charge is 2.60. The van der Waals surface area contributed by atoms with Crippen LogP contribution in [-0.2, 0) is 0 Å². The molecular weight excluding hydrogens is 336 g/mol. The van der Waals surface area contributed by atoms with Crippen LogP contribution >= 0.6 is 0 Å². The number of rotatable bonds is 3. The molecule has 7 atom stereocenters. The minimum absolute atomic E-state index is 0.602. The Morgan fingerprint density at radius 3 is 2.32 bits per heavy atom. The highest BCUT2D eigenvalue weighted by Crippen LogP contribution is 2.69. The van der Waals surface area contributed by atoms with Gasteiger partial charge in [0.25, 0.3) is 0 Å². The molecule has 0 nitrogen and oxygen atoms in total. The topological polar surface area (TPSA) is 0 Å². The van der Waals surface area contributed by atoms with Crippen molar-refractivity contribution in [2.45, 2.75) is 112 Å². The Bertz CT molecular complexity index is 647. The van der Waals surface area contributed by atoms with Gasteiger partial charge in [0.2, 0.25) is 0 Å². The zero-order chi connectivity index (χ0) is 20.1. The molecule has 0 aromatic carbocycles. The lowest BCUT2D eigenvalue weighted by molar-refractivity contribution is -0.127. The first-order valence-corrected chi connectivity index (χ1v) is 12.6. The largest absolute Gasteiger partial charge is 0.0856 e. The van der Waals surface area contributed by atoms with Crippen LogP contribution in [0.5, 0.6) is 0 Å². The molecule has 28 heavy (non-hydrogen) atoms. The molecule has 0 heterocycles. The Hall–Kier alpha value is -0.520. The monoisotopic (exact) mass is 382 g/mol. The van der Waals surface area contributed by atoms with Crippen molar-refractivity contribution in [1.82, 2.24) is 0 Å². The Kier molecular flexibility index (Phi) is 5.65. The molecule has 4 fully saturated rings. The SMILES string of the molecule is CC(C)=CCC/C(C)=C1/CCC2(C)C1CC[C@@H]1C2CCC2C(C)CCC[C@@]21C. The Balaban J connectivity index is 1.56. The van der Waals surface area contributed by atoms with Gasteiger partial charge in [0.05, 0.1) is 0 Å². The van der Waals surface area contributed by atoms with Crippen molar-refractivity contribution >= 4 is 0 Å². The summed E-state index contributed by atoms with van der Waals surface area (Å²) < 4.78 is 0. The molecule has 0 aromatic rings. The van der Waals surface area contributed by atoms with Crippen LogP contribution in [-0.4, -0.2) is 0 Å². The summed E-state index contributed by atoms with van der Waals surface area (Å²) in [6, 6.07) is 0. The van der Waals surface area contributed by atoms with Crippen molar-refractivity contribution in [3.8, 4) is 0 Å². The van der Waals surface area contributed by atoms with Crippen molar-refractivity contribution in [3.05, 3.63) is 22.8 Å². The second-order valence-electron chi connectivity index (χ2n) is 12.0. The van der Waals surface area contributed by atoms with E-state index in [4.69, 9.17) is 0 Å². The highest BCUT2D eigenvalue weighted by atomic mass is 14.6. The number of hydrogen-bond donors (Lipinski definition) is 0. The van der Waals surface area contributed by atoms with Gasteiger partial charge in [0.1, 0.15) is 0 Å². The summed E-state index contributed by atoms with van der Waals surface area (Å²) in [4.78, 5) is 0. The van der Waals surface area contributed by atoms with Crippen molar-refractivity contribution < 1.29 is 0 Å². The van der Waals surface area contributed by atoms with E-state index < -0.39 is 0 Å². The molecule has 0 aromatic heterocycles. The van der Waals surface area contributed by atoms with E-state index in [2.05, 4.69) is 47.6 Å². The van der Waals surface area contributed by atoms with E-state index in [0.717, 1.165) is 29.6 Å². The number of fused-ring (bicyclic) bond motifs is 5. The van der Waals surface area contributed by atoms with Crippen LogP contribution in [0.3, 0.4) is 0 Å². The van der Waals surface area contributed by atoms with Crippen LogP contribution in [0.25, 0.3) is 0 Å². The minimum atomic E-state index is 0.602. The smallest absolute Gasteiger partial charge is 0.0144 e. The van der Waals surface area contributed by atoms with E-state index in [1.165, 1.54) is 76.2 Å². The van der Waals surface area contributed by atoms with Gasteiger partial charge < -0.3 is 0 Å². The van der Waals surface area contributed by atoms with Crippen molar-refractivity contribution in [3.63, 3.8) is 0 Å². The summed E-state index contributed by atoms with van der Waals surface area (Å²) >= 11 is 0. The van der Waals surface area contributed by atoms with Crippen LogP contribution in [0.15, 0.2) is 22.8 Å². The fourth-order valence-electron chi connectivity index (χ4n) is 8.95. The molecule has 4 saturated carbocycles. The summed E-state index contributed by atoms with van der Waals surface area (Å²) in [5, 5.41) is 0. The molecule has 0 spiro atoms. The average molecular weight is 383 g/mol. The Morgan fingerprint density at radius 2 is 1.57 bits per heavy atom. The van der Waals surface area contributed by atoms with Gasteiger partial charge in [-0.05, 0) is 119 Å². The predicted octanol–water partition coefficient (Wildman–Crippen LogP) is 8.73. The quantitative estimate of drug-likeness (QED) is 0.428. The van der Waals surface area contributed by atoms with Crippen LogP contribution in [0, 0.1) is 40.4 Å². The van der Waals surface area contributed by atoms with Gasteiger partial charge in [0, 0.05) is 0 Å². The maximum atomic E-state index is 2.73. The first kappa shape index (κ1) is 20.7. The first-order chi connectivity index (χ1) is 13.3. The zero-order valence-corrected chi connectivity index (χ0v) is 19.7. The molecule has 4 aliphatic rings. The third kappa shape index (κ3) is 3.26. The molecule has 0 amide bonds. The van der Waals surface area contributed by atoms with E-state index in [-0.39, 0.29) is 0 Å². The standard InChI is InChI=1S/C28H46/c1-19(2)9-7-10-20(3)22-16-18-28(6)24(22)13-15-25-26(28)14-12-23-21(4)11-8-17-27(23,25)5/h9,21,23-26H,7-8,10-18H2,1-6H3/b22-20-/t21?,23?,24?,25-,26?,27+,28?/m1/s1. The van der Waals surface area contributed by atoms with E-state index in [1.54, 1.807) is 5.57 Å². The molecule has 0 saturated heterocycles. The van der Waals surface area contributed by atoms with E-state index in [0.29, 0.717) is 10.8 Å². The van der Waals surface area contributed by atoms with Gasteiger partial charge >= 0.3 is 0 Å². The molecule has 4 rings (SSSR count). The molecule has 0 radical (unpaired) electrons. The second-order valence-corrected chi connectivity index (χ2v) is 12.0. The summed E-state index contributed by atoms with van der Waals surface area (Å²) in [5.41, 5.74) is 6.37. The van der Waals surface area contributed by atoms with Crippen molar-refractivity contribution in [2.24, 2.45) is 40.4 Å². The first-order valence-electron chi connectivity index (χ1n) is 12.6. The average Bonchev–Trinajstić information content (AvgIpc) is 2.99. The summed E-state index contributed by atoms with van der Waals surface area (Å²) in [6.45, 7) is 15.0. The lowest BCUT2D eigenvalue weighted by Gasteiger charge is -2.62. The van der Waals surface area contributed by atoms with Gasteiger partial charge in [-0.1, -0.05) is 56.4 Å². The summed E-state index contributed by atoms with van der Waals surface area (Å²) in [6.07, 6.45) is 18.4. The number of hydrogen-bond acceptors (Lipinski definition) is 0. The fraction of sp³-hybridized carbons (Fsp3) is 0.857. The van der Waals surface area contributed by atoms with Crippen LogP contribution in [0.1, 0.15) is 112 Å². The molecule has 0 heteroatoms. The van der Waals surface area contributed by atoms with E-state index in [9.17, 15) is 0 Å². The van der Waals surface area contributed by atoms with Crippen molar-refractivity contribution in [1.29, 1.82) is 0 Å². The lowest BCUT2D eigenvalue weighted by atomic mass is 9.43. The lowest BCUT2D eigenvalue weighted by Crippen LogP contribution is -2.54. The van der Waals surface area contributed by atoms with E-state index in [1.807, 2.05) is 5.57 Å². The van der Waals surface area contributed by atoms with Crippen molar-refractivity contribution in [2.75, 3.05) is 0 Å². The van der Waals surface area contributed by atoms with Gasteiger partial charge in [-0.3, -0.25) is 0 Å². The Labute approximate surface area is 175 Å². The zero-order valence-electron chi connectivity index (χ0n) is 19.7. The predicted molar refractivity (Wildman–Crippen MR) is 122 cm³/mol. The third-order valence-corrected chi connectivity index (χ3v) is 10.4. The number of allylic oxidation sites excluding steroid dienone is 4. The molecule has 0 aliphatic heterocycles. The Morgan fingerprint density at radius 1 is 0.893 bits per heavy atom. The van der Waals surface area contributed by atoms with Gasteiger partial charge in [-0.15, -0.1) is 0 Å². The maximum absolute atomic E-state index is 2.73. The molecule has 0 bridgehead atoms. The van der Waals surface area contributed by atoms with Gasteiger partial charge in [-0.2, -0.15) is 0 Å². The third-order valence-electron chi connectivity index (χ3n) is 10.4. The molecule has 5 unspecified atom stereocenters. The summed E-state index contributed by atoms with van der Waals surface area (Å²) in [7, 11) is 0. The van der Waals surface area contributed by atoms with Crippen LogP contribution in [0.2, 0.25) is 0 Å². The van der Waals surface area contributed by atoms with Crippen LogP contribution in [0.4, 0.5) is 0 Å². The highest BCUT2D eigenvalue weighted by molar-refractivity contribution is 5.26.